The van der Waals surface area contributed by atoms with Crippen LogP contribution < -0.4 is 4.74 Å². The summed E-state index contributed by atoms with van der Waals surface area (Å²) in [5.74, 6) is 0.101. The molecule has 3 rings (SSSR count). The molecule has 1 N–H and O–H groups in total. The van der Waals surface area contributed by atoms with E-state index in [0.29, 0.717) is 38.3 Å². The highest BCUT2D eigenvalue weighted by Gasteiger charge is 2.55. The molecular formula is C15H18F3N3O4. The Bertz CT molecular complexity index is 767. The lowest BCUT2D eigenvalue weighted by Gasteiger charge is -2.27. The third-order valence-corrected chi connectivity index (χ3v) is 4.21. The van der Waals surface area contributed by atoms with Crippen molar-refractivity contribution in [2.75, 3.05) is 20.3 Å². The first kappa shape index (κ1) is 17.7. The van der Waals surface area contributed by atoms with E-state index in [-0.39, 0.29) is 17.2 Å². The van der Waals surface area contributed by atoms with E-state index in [1.165, 1.54) is 7.11 Å². The van der Waals surface area contributed by atoms with E-state index < -0.39 is 17.5 Å². The maximum Gasteiger partial charge on any atom is 0.422 e. The van der Waals surface area contributed by atoms with Crippen molar-refractivity contribution in [3.8, 4) is 17.3 Å². The summed E-state index contributed by atoms with van der Waals surface area (Å²) in [6.07, 6.45) is -4.87. The normalized spacial score (nSPS) is 19.2. The van der Waals surface area contributed by atoms with Crippen LogP contribution in [0.2, 0.25) is 0 Å². The Balaban J connectivity index is 2.00. The van der Waals surface area contributed by atoms with Crippen LogP contribution >= 0.6 is 0 Å². The first-order valence-corrected chi connectivity index (χ1v) is 7.66. The molecule has 10 heteroatoms. The van der Waals surface area contributed by atoms with Crippen LogP contribution in [0, 0.1) is 0 Å². The molecule has 0 aromatic carbocycles. The van der Waals surface area contributed by atoms with Crippen LogP contribution in [0.15, 0.2) is 10.6 Å². The topological polar surface area (TPSA) is 82.5 Å². The minimum Gasteiger partial charge on any atom is -0.474 e. The van der Waals surface area contributed by atoms with E-state index in [1.54, 1.807) is 17.7 Å². The number of rotatable bonds is 5. The van der Waals surface area contributed by atoms with Gasteiger partial charge < -0.3 is 19.1 Å². The second kappa shape index (κ2) is 6.03. The van der Waals surface area contributed by atoms with Crippen molar-refractivity contribution in [3.63, 3.8) is 0 Å². The second-order valence-corrected chi connectivity index (χ2v) is 6.14. The van der Waals surface area contributed by atoms with Gasteiger partial charge in [0.1, 0.15) is 18.0 Å². The van der Waals surface area contributed by atoms with E-state index >= 15 is 0 Å². The second-order valence-electron chi connectivity index (χ2n) is 6.14. The molecule has 2 atom stereocenters. The van der Waals surface area contributed by atoms with Gasteiger partial charge in [-0.05, 0) is 6.92 Å². The Kier molecular flexibility index (Phi) is 4.28. The number of alkyl halides is 3. The summed E-state index contributed by atoms with van der Waals surface area (Å²) in [6.45, 7) is 3.38. The summed E-state index contributed by atoms with van der Waals surface area (Å²) >= 11 is 0. The first-order chi connectivity index (χ1) is 11.7. The Morgan fingerprint density at radius 2 is 2.12 bits per heavy atom. The van der Waals surface area contributed by atoms with Crippen LogP contribution in [0.5, 0.6) is 5.88 Å². The molecule has 0 unspecified atom stereocenters. The number of aliphatic hydroxyl groups is 1. The lowest BCUT2D eigenvalue weighted by Crippen LogP contribution is -2.40. The highest BCUT2D eigenvalue weighted by atomic mass is 19.4. The Hall–Kier alpha value is -2.07. The number of aromatic nitrogens is 3. The van der Waals surface area contributed by atoms with E-state index in [4.69, 9.17) is 14.0 Å². The largest absolute Gasteiger partial charge is 0.474 e. The zero-order chi connectivity index (χ0) is 18.4. The maximum atomic E-state index is 13.2. The van der Waals surface area contributed by atoms with Crippen LogP contribution in [0.3, 0.4) is 0 Å². The molecule has 0 bridgehead atoms. The smallest absolute Gasteiger partial charge is 0.422 e. The van der Waals surface area contributed by atoms with Crippen molar-refractivity contribution in [2.45, 2.75) is 38.1 Å². The third-order valence-electron chi connectivity index (χ3n) is 4.21. The summed E-state index contributed by atoms with van der Waals surface area (Å²) in [4.78, 5) is 0. The van der Waals surface area contributed by atoms with Crippen molar-refractivity contribution in [1.82, 2.24) is 14.9 Å². The van der Waals surface area contributed by atoms with Gasteiger partial charge in [0.05, 0.1) is 6.61 Å². The standard InChI is InChI=1S/C15H18F3N3O4/c1-8-7-21-9(6-10(19-21)24-5-4-23-3)12-11(8)13(20-25-12)14(2,22)15(16,17)18/h6,8,22H,4-5,7H2,1-3H3/t8-,14+/m1/s1. The summed E-state index contributed by atoms with van der Waals surface area (Å²) in [5, 5.41) is 17.8. The molecule has 0 saturated carbocycles. The van der Waals surface area contributed by atoms with Gasteiger partial charge in [0.25, 0.3) is 0 Å². The molecule has 2 aromatic heterocycles. The van der Waals surface area contributed by atoms with E-state index in [2.05, 4.69) is 10.3 Å². The molecule has 0 aliphatic carbocycles. The van der Waals surface area contributed by atoms with Crippen molar-refractivity contribution < 1.29 is 32.3 Å². The molecule has 138 valence electrons. The fourth-order valence-corrected chi connectivity index (χ4v) is 2.79. The Morgan fingerprint density at radius 3 is 2.76 bits per heavy atom. The van der Waals surface area contributed by atoms with Crippen molar-refractivity contribution >= 4 is 0 Å². The van der Waals surface area contributed by atoms with Crippen LogP contribution in [0.25, 0.3) is 11.5 Å². The SMILES string of the molecule is COCCOc1cc2n(n1)C[C@@H](C)c1c([C@](C)(O)C(F)(F)F)noc1-2. The average molecular weight is 361 g/mol. The Labute approximate surface area is 141 Å². The average Bonchev–Trinajstić information content (AvgIpc) is 3.10. The number of halogens is 3. The molecule has 1 aliphatic heterocycles. The molecule has 3 heterocycles. The monoisotopic (exact) mass is 361 g/mol. The molecule has 0 saturated heterocycles. The van der Waals surface area contributed by atoms with E-state index in [1.807, 2.05) is 0 Å². The molecule has 25 heavy (non-hydrogen) atoms. The summed E-state index contributed by atoms with van der Waals surface area (Å²) in [7, 11) is 1.54. The van der Waals surface area contributed by atoms with Gasteiger partial charge in [-0.3, -0.25) is 4.68 Å². The van der Waals surface area contributed by atoms with Gasteiger partial charge in [0.2, 0.25) is 11.5 Å². The van der Waals surface area contributed by atoms with Gasteiger partial charge >= 0.3 is 6.18 Å². The Morgan fingerprint density at radius 1 is 1.40 bits per heavy atom. The van der Waals surface area contributed by atoms with Crippen LogP contribution in [-0.4, -0.2) is 46.5 Å². The number of methoxy groups -OCH3 is 1. The minimum absolute atomic E-state index is 0.160. The summed E-state index contributed by atoms with van der Waals surface area (Å²) in [6, 6.07) is 1.57. The number of nitrogens with zero attached hydrogens (tertiary/aromatic N) is 3. The molecule has 2 aromatic rings. The minimum atomic E-state index is -4.87. The molecule has 1 aliphatic rings. The van der Waals surface area contributed by atoms with Crippen molar-refractivity contribution in [3.05, 3.63) is 17.3 Å². The highest BCUT2D eigenvalue weighted by molar-refractivity contribution is 5.63. The van der Waals surface area contributed by atoms with E-state index in [0.717, 1.165) is 0 Å². The molecule has 0 amide bonds. The van der Waals surface area contributed by atoms with Crippen LogP contribution in [-0.2, 0) is 16.9 Å². The van der Waals surface area contributed by atoms with E-state index in [9.17, 15) is 18.3 Å². The third kappa shape index (κ3) is 2.89. The number of hydrogen-bond donors (Lipinski definition) is 1. The number of hydrogen-bond acceptors (Lipinski definition) is 6. The van der Waals surface area contributed by atoms with Gasteiger partial charge in [0, 0.05) is 31.2 Å². The predicted octanol–water partition coefficient (Wildman–Crippen LogP) is 2.45. The summed E-state index contributed by atoms with van der Waals surface area (Å²) < 4.78 is 56.6. The molecule has 0 fully saturated rings. The highest BCUT2D eigenvalue weighted by Crippen LogP contribution is 2.46. The van der Waals surface area contributed by atoms with Gasteiger partial charge in [-0.1, -0.05) is 12.1 Å². The van der Waals surface area contributed by atoms with Gasteiger partial charge in [-0.15, -0.1) is 5.10 Å². The maximum absolute atomic E-state index is 13.2. The molecular weight excluding hydrogens is 343 g/mol. The molecule has 0 radical (unpaired) electrons. The fourth-order valence-electron chi connectivity index (χ4n) is 2.79. The van der Waals surface area contributed by atoms with Gasteiger partial charge in [-0.25, -0.2) is 0 Å². The van der Waals surface area contributed by atoms with Crippen molar-refractivity contribution in [1.29, 1.82) is 0 Å². The van der Waals surface area contributed by atoms with Gasteiger partial charge in [-0.2, -0.15) is 13.2 Å². The zero-order valence-corrected chi connectivity index (χ0v) is 13.9. The summed E-state index contributed by atoms with van der Waals surface area (Å²) in [5.41, 5.74) is -2.93. The lowest BCUT2D eigenvalue weighted by molar-refractivity contribution is -0.261. The predicted molar refractivity (Wildman–Crippen MR) is 79.1 cm³/mol. The van der Waals surface area contributed by atoms with Crippen LogP contribution in [0.1, 0.15) is 31.0 Å². The lowest BCUT2D eigenvalue weighted by atomic mass is 9.88. The number of fused-ring (bicyclic) bond motifs is 3. The molecule has 0 spiro atoms. The molecule has 7 nitrogen and oxygen atoms in total. The van der Waals surface area contributed by atoms with Crippen molar-refractivity contribution in [2.24, 2.45) is 0 Å². The van der Waals surface area contributed by atoms with Crippen LogP contribution in [0.4, 0.5) is 13.2 Å². The quantitative estimate of drug-likeness (QED) is 0.824. The van der Waals surface area contributed by atoms with Gasteiger partial charge in [0.15, 0.2) is 5.76 Å². The fraction of sp³-hybridized carbons (Fsp3) is 0.600. The first-order valence-electron chi connectivity index (χ1n) is 7.66. The number of ether oxygens (including phenoxy) is 2. The zero-order valence-electron chi connectivity index (χ0n) is 13.9.